The second-order valence-electron chi connectivity index (χ2n) is 4.63. The fraction of sp³-hybridized carbons (Fsp3) is 0. The largest absolute Gasteiger partial charge is 0.508 e. The number of para-hydroxylation sites is 2. The van der Waals surface area contributed by atoms with Crippen molar-refractivity contribution in [2.75, 3.05) is 0 Å². The maximum atomic E-state index is 9.33. The van der Waals surface area contributed by atoms with E-state index in [0.717, 1.165) is 22.3 Å². The smallest absolute Gasteiger partial charge is 0.235 e. The molecular formula is C16H11N3O. The van der Waals surface area contributed by atoms with Crippen LogP contribution in [0.5, 0.6) is 5.75 Å². The first-order chi connectivity index (χ1) is 9.81. The van der Waals surface area contributed by atoms with Gasteiger partial charge < -0.3 is 5.11 Å². The molecule has 2 aromatic carbocycles. The molecule has 0 atom stereocenters. The molecule has 0 radical (unpaired) electrons. The quantitative estimate of drug-likeness (QED) is 0.572. The van der Waals surface area contributed by atoms with E-state index in [4.69, 9.17) is 0 Å². The van der Waals surface area contributed by atoms with E-state index in [1.54, 1.807) is 12.1 Å². The second kappa shape index (κ2) is 4.06. The van der Waals surface area contributed by atoms with Gasteiger partial charge in [-0.05, 0) is 42.5 Å². The third-order valence-corrected chi connectivity index (χ3v) is 3.34. The normalized spacial score (nSPS) is 11.2. The number of phenols is 1. The van der Waals surface area contributed by atoms with Crippen molar-refractivity contribution in [3.05, 3.63) is 60.8 Å². The van der Waals surface area contributed by atoms with E-state index in [2.05, 4.69) is 9.97 Å². The summed E-state index contributed by atoms with van der Waals surface area (Å²) in [5.74, 6) is 0.929. The highest BCUT2D eigenvalue weighted by Crippen LogP contribution is 2.22. The highest BCUT2D eigenvalue weighted by Gasteiger charge is 2.06. The van der Waals surface area contributed by atoms with Crippen molar-refractivity contribution < 1.29 is 5.11 Å². The Morgan fingerprint density at radius 2 is 1.65 bits per heavy atom. The summed E-state index contributed by atoms with van der Waals surface area (Å²) in [6.45, 7) is 0. The maximum absolute atomic E-state index is 9.33. The number of aromatic hydroxyl groups is 1. The van der Waals surface area contributed by atoms with Crippen LogP contribution < -0.4 is 0 Å². The van der Waals surface area contributed by atoms with Gasteiger partial charge in [0.15, 0.2) is 0 Å². The predicted octanol–water partition coefficient (Wildman–Crippen LogP) is 3.26. The summed E-state index contributed by atoms with van der Waals surface area (Å²) in [4.78, 5) is 9.10. The van der Waals surface area contributed by atoms with Crippen LogP contribution in [0, 0.1) is 0 Å². The van der Waals surface area contributed by atoms with Gasteiger partial charge in [0.1, 0.15) is 5.75 Å². The van der Waals surface area contributed by atoms with Gasteiger partial charge in [0.2, 0.25) is 5.78 Å². The minimum Gasteiger partial charge on any atom is -0.508 e. The summed E-state index contributed by atoms with van der Waals surface area (Å²) >= 11 is 0. The van der Waals surface area contributed by atoms with E-state index in [-0.39, 0.29) is 5.75 Å². The van der Waals surface area contributed by atoms with Crippen LogP contribution in [0.1, 0.15) is 0 Å². The Bertz CT molecular complexity index is 910. The molecule has 4 nitrogen and oxygen atoms in total. The molecule has 0 saturated heterocycles. The van der Waals surface area contributed by atoms with Gasteiger partial charge in [-0.3, -0.25) is 4.40 Å². The molecule has 2 heterocycles. The molecule has 20 heavy (non-hydrogen) atoms. The average molecular weight is 261 g/mol. The van der Waals surface area contributed by atoms with Gasteiger partial charge in [-0.2, -0.15) is 0 Å². The first-order valence-electron chi connectivity index (χ1n) is 6.34. The molecule has 96 valence electrons. The first-order valence-corrected chi connectivity index (χ1v) is 6.34. The highest BCUT2D eigenvalue weighted by atomic mass is 16.3. The Labute approximate surface area is 115 Å². The van der Waals surface area contributed by atoms with Gasteiger partial charge in [0, 0.05) is 11.8 Å². The Hall–Kier alpha value is -2.88. The van der Waals surface area contributed by atoms with Gasteiger partial charge in [-0.15, -0.1) is 0 Å². The number of benzene rings is 2. The lowest BCUT2D eigenvalue weighted by Gasteiger charge is -2.02. The lowest BCUT2D eigenvalue weighted by Crippen LogP contribution is -1.90. The fourth-order valence-electron chi connectivity index (χ4n) is 2.34. The van der Waals surface area contributed by atoms with Crippen LogP contribution in [0.4, 0.5) is 0 Å². The maximum Gasteiger partial charge on any atom is 0.235 e. The molecule has 2 aromatic heterocycles. The number of phenolic OH excluding ortho intramolecular Hbond substituents is 1. The van der Waals surface area contributed by atoms with Crippen LogP contribution in [0.2, 0.25) is 0 Å². The Balaban J connectivity index is 1.94. The highest BCUT2D eigenvalue weighted by molar-refractivity contribution is 5.79. The lowest BCUT2D eigenvalue weighted by molar-refractivity contribution is 0.475. The van der Waals surface area contributed by atoms with E-state index in [1.807, 2.05) is 53.1 Å². The Morgan fingerprint density at radius 3 is 2.50 bits per heavy atom. The van der Waals surface area contributed by atoms with Crippen molar-refractivity contribution >= 4 is 16.8 Å². The Morgan fingerprint density at radius 1 is 0.850 bits per heavy atom. The predicted molar refractivity (Wildman–Crippen MR) is 77.6 cm³/mol. The summed E-state index contributed by atoms with van der Waals surface area (Å²) in [5, 5.41) is 9.33. The van der Waals surface area contributed by atoms with Crippen LogP contribution in [-0.2, 0) is 0 Å². The summed E-state index contributed by atoms with van der Waals surface area (Å²) in [5.41, 5.74) is 3.78. The van der Waals surface area contributed by atoms with E-state index >= 15 is 0 Å². The Kier molecular flexibility index (Phi) is 2.23. The molecule has 4 rings (SSSR count). The monoisotopic (exact) mass is 261 g/mol. The number of hydrogen-bond donors (Lipinski definition) is 1. The molecule has 4 heteroatoms. The van der Waals surface area contributed by atoms with Crippen molar-refractivity contribution in [3.63, 3.8) is 0 Å². The molecule has 1 N–H and O–H groups in total. The number of imidazole rings is 1. The van der Waals surface area contributed by atoms with Crippen LogP contribution in [0.15, 0.2) is 60.8 Å². The summed E-state index contributed by atoms with van der Waals surface area (Å²) in [7, 11) is 0. The standard InChI is InChI=1S/C16H11N3O/c20-12-7-5-11(6-8-12)13-9-10-19-15-4-2-1-3-14(15)18-16(19)17-13/h1-10,20H. The summed E-state index contributed by atoms with van der Waals surface area (Å²) in [6, 6.07) is 16.9. The van der Waals surface area contributed by atoms with E-state index < -0.39 is 0 Å². The van der Waals surface area contributed by atoms with Gasteiger partial charge in [0.25, 0.3) is 0 Å². The van der Waals surface area contributed by atoms with Gasteiger partial charge >= 0.3 is 0 Å². The third-order valence-electron chi connectivity index (χ3n) is 3.34. The van der Waals surface area contributed by atoms with E-state index in [9.17, 15) is 5.11 Å². The third kappa shape index (κ3) is 1.62. The molecule has 0 aliphatic heterocycles. The summed E-state index contributed by atoms with van der Waals surface area (Å²) in [6.07, 6.45) is 1.97. The zero-order valence-corrected chi connectivity index (χ0v) is 10.6. The molecule has 0 unspecified atom stereocenters. The molecule has 0 amide bonds. The number of fused-ring (bicyclic) bond motifs is 3. The van der Waals surface area contributed by atoms with Gasteiger partial charge in [-0.1, -0.05) is 12.1 Å². The SMILES string of the molecule is Oc1ccc(-c2ccn3c(n2)nc2ccccc23)cc1. The van der Waals surface area contributed by atoms with Crippen molar-refractivity contribution in [2.45, 2.75) is 0 Å². The zero-order valence-electron chi connectivity index (χ0n) is 10.6. The van der Waals surface area contributed by atoms with Crippen molar-refractivity contribution in [3.8, 4) is 17.0 Å². The van der Waals surface area contributed by atoms with E-state index in [1.165, 1.54) is 0 Å². The second-order valence-corrected chi connectivity index (χ2v) is 4.63. The molecule has 0 aliphatic rings. The fourth-order valence-corrected chi connectivity index (χ4v) is 2.34. The minimum absolute atomic E-state index is 0.251. The molecule has 0 spiro atoms. The summed E-state index contributed by atoms with van der Waals surface area (Å²) < 4.78 is 1.97. The number of hydrogen-bond acceptors (Lipinski definition) is 3. The first kappa shape index (κ1) is 11.0. The minimum atomic E-state index is 0.251. The van der Waals surface area contributed by atoms with Crippen molar-refractivity contribution in [1.82, 2.24) is 14.4 Å². The molecule has 0 saturated carbocycles. The van der Waals surface area contributed by atoms with E-state index in [0.29, 0.717) is 5.78 Å². The van der Waals surface area contributed by atoms with Crippen LogP contribution in [0.3, 0.4) is 0 Å². The number of aromatic nitrogens is 3. The van der Waals surface area contributed by atoms with Crippen LogP contribution >= 0.6 is 0 Å². The molecule has 0 fully saturated rings. The topological polar surface area (TPSA) is 50.4 Å². The zero-order chi connectivity index (χ0) is 13.5. The molecule has 0 aliphatic carbocycles. The molecule has 0 bridgehead atoms. The van der Waals surface area contributed by atoms with Crippen LogP contribution in [0.25, 0.3) is 28.1 Å². The lowest BCUT2D eigenvalue weighted by atomic mass is 10.1. The number of rotatable bonds is 1. The van der Waals surface area contributed by atoms with Crippen molar-refractivity contribution in [2.24, 2.45) is 0 Å². The van der Waals surface area contributed by atoms with Crippen molar-refractivity contribution in [1.29, 1.82) is 0 Å². The number of nitrogens with zero attached hydrogens (tertiary/aromatic N) is 3. The van der Waals surface area contributed by atoms with Crippen LogP contribution in [-0.4, -0.2) is 19.5 Å². The molecule has 4 aromatic rings. The van der Waals surface area contributed by atoms with Gasteiger partial charge in [-0.25, -0.2) is 9.97 Å². The average Bonchev–Trinajstić information content (AvgIpc) is 2.85. The van der Waals surface area contributed by atoms with Gasteiger partial charge in [0.05, 0.1) is 16.7 Å². The molecular weight excluding hydrogens is 250 g/mol.